The fourth-order valence-corrected chi connectivity index (χ4v) is 2.62. The molecule has 0 radical (unpaired) electrons. The van der Waals surface area contributed by atoms with Crippen molar-refractivity contribution < 1.29 is 23.9 Å². The van der Waals surface area contributed by atoms with Crippen molar-refractivity contribution in [3.8, 4) is 0 Å². The summed E-state index contributed by atoms with van der Waals surface area (Å²) in [6.45, 7) is 4.99. The molecule has 2 rings (SSSR count). The first-order valence-electron chi connectivity index (χ1n) is 8.51. The molecule has 8 heteroatoms. The van der Waals surface area contributed by atoms with Crippen LogP contribution in [0.4, 0.5) is 10.5 Å². The number of nitrogens with one attached hydrogen (secondary N) is 1. The van der Waals surface area contributed by atoms with E-state index in [0.29, 0.717) is 44.0 Å². The predicted molar refractivity (Wildman–Crippen MR) is 94.9 cm³/mol. The van der Waals surface area contributed by atoms with Crippen molar-refractivity contribution in [2.24, 2.45) is 0 Å². The number of piperazine rings is 1. The van der Waals surface area contributed by atoms with Gasteiger partial charge in [0, 0.05) is 37.4 Å². The number of carbonyl (C=O) groups excluding carboxylic acids is 4. The summed E-state index contributed by atoms with van der Waals surface area (Å²) in [5, 5.41) is 2.63. The van der Waals surface area contributed by atoms with E-state index in [-0.39, 0.29) is 24.2 Å². The molecular formula is C18H23N3O5. The van der Waals surface area contributed by atoms with Gasteiger partial charge in [0.05, 0.1) is 6.61 Å². The number of ketones is 1. The molecule has 0 unspecified atom stereocenters. The van der Waals surface area contributed by atoms with Crippen LogP contribution in [-0.2, 0) is 14.3 Å². The van der Waals surface area contributed by atoms with E-state index in [1.165, 1.54) is 6.92 Å². The van der Waals surface area contributed by atoms with Crippen LogP contribution in [0.25, 0.3) is 0 Å². The molecule has 1 aliphatic heterocycles. The van der Waals surface area contributed by atoms with Crippen LogP contribution in [0.15, 0.2) is 24.3 Å². The van der Waals surface area contributed by atoms with Crippen LogP contribution >= 0.6 is 0 Å². The molecule has 0 atom stereocenters. The second kappa shape index (κ2) is 8.98. The minimum atomic E-state index is -0.441. The van der Waals surface area contributed by atoms with Crippen molar-refractivity contribution in [2.45, 2.75) is 20.3 Å². The van der Waals surface area contributed by atoms with E-state index >= 15 is 0 Å². The summed E-state index contributed by atoms with van der Waals surface area (Å²) in [6, 6.07) is 6.56. The second-order valence-electron chi connectivity index (χ2n) is 5.93. The predicted octanol–water partition coefficient (Wildman–Crippen LogP) is 1.52. The lowest BCUT2D eigenvalue weighted by molar-refractivity contribution is -0.135. The molecule has 0 spiro atoms. The topological polar surface area (TPSA) is 96.0 Å². The Morgan fingerprint density at radius 3 is 2.35 bits per heavy atom. The largest absolute Gasteiger partial charge is 0.450 e. The number of carbonyl (C=O) groups is 4. The zero-order valence-electron chi connectivity index (χ0n) is 15.0. The lowest BCUT2D eigenvalue weighted by Crippen LogP contribution is -2.51. The number of benzene rings is 1. The number of ether oxygens (including phenoxy) is 1. The van der Waals surface area contributed by atoms with Crippen LogP contribution in [0.3, 0.4) is 0 Å². The molecular weight excluding hydrogens is 338 g/mol. The van der Waals surface area contributed by atoms with Gasteiger partial charge in [-0.05, 0) is 26.0 Å². The summed E-state index contributed by atoms with van der Waals surface area (Å²) in [5.74, 6) is -0.839. The maximum absolute atomic E-state index is 12.3. The van der Waals surface area contributed by atoms with Gasteiger partial charge in [0.1, 0.15) is 6.42 Å². The first-order chi connectivity index (χ1) is 12.4. The highest BCUT2D eigenvalue weighted by Gasteiger charge is 2.25. The van der Waals surface area contributed by atoms with Crippen LogP contribution in [-0.4, -0.2) is 66.3 Å². The number of rotatable bonds is 5. The summed E-state index contributed by atoms with van der Waals surface area (Å²) in [6.07, 6.45) is -0.674. The van der Waals surface area contributed by atoms with Gasteiger partial charge >= 0.3 is 6.09 Å². The average molecular weight is 361 g/mol. The highest BCUT2D eigenvalue weighted by atomic mass is 16.6. The van der Waals surface area contributed by atoms with E-state index < -0.39 is 5.91 Å². The van der Waals surface area contributed by atoms with Crippen molar-refractivity contribution in [1.29, 1.82) is 0 Å². The van der Waals surface area contributed by atoms with Crippen LogP contribution < -0.4 is 5.32 Å². The molecule has 1 N–H and O–H groups in total. The Hall–Kier alpha value is -2.90. The zero-order valence-corrected chi connectivity index (χ0v) is 15.0. The average Bonchev–Trinajstić information content (AvgIpc) is 2.62. The van der Waals surface area contributed by atoms with Crippen molar-refractivity contribution >= 4 is 29.4 Å². The maximum atomic E-state index is 12.3. The van der Waals surface area contributed by atoms with Crippen LogP contribution in [0.2, 0.25) is 0 Å². The Balaban J connectivity index is 1.82. The number of anilines is 1. The third kappa shape index (κ3) is 5.30. The molecule has 0 bridgehead atoms. The Bertz CT molecular complexity index is 696. The van der Waals surface area contributed by atoms with Gasteiger partial charge in [-0.3, -0.25) is 14.4 Å². The number of nitrogens with zero attached hydrogens (tertiary/aromatic N) is 2. The van der Waals surface area contributed by atoms with E-state index in [2.05, 4.69) is 5.32 Å². The standard InChI is InChI=1S/C18H23N3O5/c1-3-26-18(25)21-9-7-20(8-10-21)17(24)12-16(23)19-15-6-4-5-14(11-15)13(2)22/h4-6,11H,3,7-10,12H2,1-2H3,(H,19,23). The van der Waals surface area contributed by atoms with Crippen LogP contribution in [0, 0.1) is 0 Å². The molecule has 1 aromatic carbocycles. The van der Waals surface area contributed by atoms with Crippen LogP contribution in [0.1, 0.15) is 30.6 Å². The van der Waals surface area contributed by atoms with Gasteiger partial charge in [0.25, 0.3) is 0 Å². The van der Waals surface area contributed by atoms with E-state index in [9.17, 15) is 19.2 Å². The molecule has 1 heterocycles. The van der Waals surface area contributed by atoms with E-state index in [4.69, 9.17) is 4.74 Å². The van der Waals surface area contributed by atoms with Gasteiger partial charge in [-0.2, -0.15) is 0 Å². The number of amides is 3. The molecule has 0 aromatic heterocycles. The fourth-order valence-electron chi connectivity index (χ4n) is 2.62. The molecule has 0 saturated carbocycles. The summed E-state index contributed by atoms with van der Waals surface area (Å²) in [7, 11) is 0. The minimum Gasteiger partial charge on any atom is -0.450 e. The zero-order chi connectivity index (χ0) is 19.1. The Labute approximate surface area is 152 Å². The molecule has 26 heavy (non-hydrogen) atoms. The highest BCUT2D eigenvalue weighted by molar-refractivity contribution is 6.04. The van der Waals surface area contributed by atoms with Crippen molar-refractivity contribution in [2.75, 3.05) is 38.1 Å². The normalized spacial score (nSPS) is 13.9. The van der Waals surface area contributed by atoms with Gasteiger partial charge < -0.3 is 19.9 Å². The SMILES string of the molecule is CCOC(=O)N1CCN(C(=O)CC(=O)Nc2cccc(C(C)=O)c2)CC1. The van der Waals surface area contributed by atoms with Gasteiger partial charge in [0.15, 0.2) is 5.78 Å². The Morgan fingerprint density at radius 1 is 1.08 bits per heavy atom. The number of hydrogen-bond donors (Lipinski definition) is 1. The van der Waals surface area contributed by atoms with Gasteiger partial charge in [-0.1, -0.05) is 12.1 Å². The first-order valence-corrected chi connectivity index (χ1v) is 8.51. The van der Waals surface area contributed by atoms with Gasteiger partial charge in [-0.15, -0.1) is 0 Å². The second-order valence-corrected chi connectivity index (χ2v) is 5.93. The highest BCUT2D eigenvalue weighted by Crippen LogP contribution is 2.12. The van der Waals surface area contributed by atoms with E-state index in [0.717, 1.165) is 0 Å². The number of hydrogen-bond acceptors (Lipinski definition) is 5. The third-order valence-electron chi connectivity index (χ3n) is 4.02. The summed E-state index contributed by atoms with van der Waals surface area (Å²) < 4.78 is 4.93. The lowest BCUT2D eigenvalue weighted by Gasteiger charge is -2.34. The molecule has 1 aliphatic rings. The van der Waals surface area contributed by atoms with Gasteiger partial charge in [-0.25, -0.2) is 4.79 Å². The summed E-state index contributed by atoms with van der Waals surface area (Å²) in [4.78, 5) is 50.4. The molecule has 140 valence electrons. The minimum absolute atomic E-state index is 0.100. The Kier molecular flexibility index (Phi) is 6.71. The molecule has 1 saturated heterocycles. The molecule has 1 aromatic rings. The fraction of sp³-hybridized carbons (Fsp3) is 0.444. The molecule has 1 fully saturated rings. The van der Waals surface area contributed by atoms with Crippen LogP contribution in [0.5, 0.6) is 0 Å². The quantitative estimate of drug-likeness (QED) is 0.634. The summed E-state index contributed by atoms with van der Waals surface area (Å²) in [5.41, 5.74) is 0.965. The van der Waals surface area contributed by atoms with Crippen molar-refractivity contribution in [3.63, 3.8) is 0 Å². The molecule has 3 amide bonds. The summed E-state index contributed by atoms with van der Waals surface area (Å²) >= 11 is 0. The Morgan fingerprint density at radius 2 is 1.73 bits per heavy atom. The first kappa shape index (κ1) is 19.4. The van der Waals surface area contributed by atoms with Crippen molar-refractivity contribution in [3.05, 3.63) is 29.8 Å². The van der Waals surface area contributed by atoms with E-state index in [1.807, 2.05) is 0 Å². The monoisotopic (exact) mass is 361 g/mol. The number of Topliss-reactive ketones (excluding diaryl/α,β-unsaturated/α-hetero) is 1. The lowest BCUT2D eigenvalue weighted by atomic mass is 10.1. The third-order valence-corrected chi connectivity index (χ3v) is 4.02. The van der Waals surface area contributed by atoms with E-state index in [1.54, 1.807) is 41.0 Å². The van der Waals surface area contributed by atoms with Gasteiger partial charge in [0.2, 0.25) is 11.8 Å². The molecule has 8 nitrogen and oxygen atoms in total. The van der Waals surface area contributed by atoms with Crippen molar-refractivity contribution in [1.82, 2.24) is 9.80 Å². The molecule has 0 aliphatic carbocycles. The smallest absolute Gasteiger partial charge is 0.409 e. The maximum Gasteiger partial charge on any atom is 0.409 e.